The first-order valence-electron chi connectivity index (χ1n) is 4.58. The second-order valence-electron chi connectivity index (χ2n) is 3.43. The van der Waals surface area contributed by atoms with Gasteiger partial charge in [-0.3, -0.25) is 4.79 Å². The highest BCUT2D eigenvalue weighted by Gasteiger charge is 2.13. The Morgan fingerprint density at radius 2 is 1.94 bits per heavy atom. The highest BCUT2D eigenvalue weighted by Crippen LogP contribution is 2.35. The van der Waals surface area contributed by atoms with Gasteiger partial charge in [0.05, 0.1) is 21.5 Å². The topological polar surface area (TPSA) is 78.3 Å². The standard InChI is InChI=1S/C10H12Br2N2O2/c1-5(10(14)15)4-16-9-7(11)2-6(13)3-8(9)12/h2-3,5H,4,13H2,1H3,(H2,14,15). The van der Waals surface area contributed by atoms with Crippen molar-refractivity contribution in [2.45, 2.75) is 6.92 Å². The number of carbonyl (C=O) groups excluding carboxylic acids is 1. The van der Waals surface area contributed by atoms with Crippen LogP contribution in [0.2, 0.25) is 0 Å². The smallest absolute Gasteiger partial charge is 0.223 e. The average molecular weight is 352 g/mol. The lowest BCUT2D eigenvalue weighted by Gasteiger charge is -2.13. The van der Waals surface area contributed by atoms with E-state index in [2.05, 4.69) is 31.9 Å². The fraction of sp³-hybridized carbons (Fsp3) is 0.300. The fourth-order valence-corrected chi connectivity index (χ4v) is 2.46. The molecule has 0 saturated heterocycles. The summed E-state index contributed by atoms with van der Waals surface area (Å²) in [5, 5.41) is 0. The SMILES string of the molecule is CC(COc1c(Br)cc(N)cc1Br)C(N)=O. The van der Waals surface area contributed by atoms with E-state index in [1.807, 2.05) is 0 Å². The molecule has 88 valence electrons. The number of hydrogen-bond acceptors (Lipinski definition) is 3. The van der Waals surface area contributed by atoms with E-state index in [-0.39, 0.29) is 18.4 Å². The van der Waals surface area contributed by atoms with Gasteiger partial charge in [0.2, 0.25) is 5.91 Å². The first-order chi connectivity index (χ1) is 7.41. The summed E-state index contributed by atoms with van der Waals surface area (Å²) in [5.74, 6) is -0.110. The van der Waals surface area contributed by atoms with E-state index >= 15 is 0 Å². The van der Waals surface area contributed by atoms with Gasteiger partial charge in [-0.05, 0) is 44.0 Å². The van der Waals surface area contributed by atoms with Gasteiger partial charge in [-0.1, -0.05) is 6.92 Å². The van der Waals surface area contributed by atoms with Gasteiger partial charge in [0.1, 0.15) is 5.75 Å². The molecule has 1 rings (SSSR count). The summed E-state index contributed by atoms with van der Waals surface area (Å²) in [6.45, 7) is 1.94. The van der Waals surface area contributed by atoms with Crippen molar-refractivity contribution in [3.8, 4) is 5.75 Å². The van der Waals surface area contributed by atoms with Crippen molar-refractivity contribution in [2.75, 3.05) is 12.3 Å². The predicted octanol–water partition coefficient (Wildman–Crippen LogP) is 2.29. The Labute approximate surface area is 111 Å². The molecule has 16 heavy (non-hydrogen) atoms. The molecule has 1 amide bonds. The Hall–Kier alpha value is -0.750. The molecule has 6 heteroatoms. The third-order valence-corrected chi connectivity index (χ3v) is 3.16. The Morgan fingerprint density at radius 1 is 1.44 bits per heavy atom. The molecular weight excluding hydrogens is 340 g/mol. The van der Waals surface area contributed by atoms with Crippen LogP contribution in [0.3, 0.4) is 0 Å². The van der Waals surface area contributed by atoms with Crippen molar-refractivity contribution in [1.29, 1.82) is 0 Å². The lowest BCUT2D eigenvalue weighted by atomic mass is 10.2. The zero-order valence-electron chi connectivity index (χ0n) is 8.67. The molecule has 4 N–H and O–H groups in total. The molecule has 4 nitrogen and oxygen atoms in total. The van der Waals surface area contributed by atoms with Crippen molar-refractivity contribution >= 4 is 43.5 Å². The molecular formula is C10H12Br2N2O2. The van der Waals surface area contributed by atoms with Crippen molar-refractivity contribution in [1.82, 2.24) is 0 Å². The number of nitrogens with two attached hydrogens (primary N) is 2. The Morgan fingerprint density at radius 3 is 2.38 bits per heavy atom. The molecule has 1 unspecified atom stereocenters. The van der Waals surface area contributed by atoms with Crippen LogP contribution in [0, 0.1) is 5.92 Å². The quantitative estimate of drug-likeness (QED) is 0.817. The highest BCUT2D eigenvalue weighted by atomic mass is 79.9. The molecule has 0 aromatic heterocycles. The van der Waals surface area contributed by atoms with Gasteiger partial charge >= 0.3 is 0 Å². The summed E-state index contributed by atoms with van der Waals surface area (Å²) in [6, 6.07) is 3.46. The molecule has 1 aromatic rings. The number of ether oxygens (including phenoxy) is 1. The Kier molecular flexibility index (Phi) is 4.61. The predicted molar refractivity (Wildman–Crippen MR) is 70.1 cm³/mol. The molecule has 0 saturated carbocycles. The number of amides is 1. The van der Waals surface area contributed by atoms with Crippen LogP contribution in [-0.2, 0) is 4.79 Å². The normalized spacial score (nSPS) is 12.2. The second-order valence-corrected chi connectivity index (χ2v) is 5.14. The van der Waals surface area contributed by atoms with E-state index in [0.717, 1.165) is 8.95 Å². The first-order valence-corrected chi connectivity index (χ1v) is 6.17. The third kappa shape index (κ3) is 3.38. The van der Waals surface area contributed by atoms with Crippen molar-refractivity contribution < 1.29 is 9.53 Å². The van der Waals surface area contributed by atoms with E-state index in [1.54, 1.807) is 19.1 Å². The molecule has 0 aliphatic heterocycles. The van der Waals surface area contributed by atoms with Gasteiger partial charge in [-0.15, -0.1) is 0 Å². The molecule has 0 spiro atoms. The first kappa shape index (κ1) is 13.3. The molecule has 0 bridgehead atoms. The van der Waals surface area contributed by atoms with Crippen LogP contribution in [0.25, 0.3) is 0 Å². The Balaban J connectivity index is 2.78. The van der Waals surface area contributed by atoms with Gasteiger partial charge in [0.25, 0.3) is 0 Å². The monoisotopic (exact) mass is 350 g/mol. The number of rotatable bonds is 4. The molecule has 0 heterocycles. The number of carbonyl (C=O) groups is 1. The molecule has 0 radical (unpaired) electrons. The van der Waals surface area contributed by atoms with E-state index in [4.69, 9.17) is 16.2 Å². The fourth-order valence-electron chi connectivity index (χ4n) is 1.01. The summed E-state index contributed by atoms with van der Waals surface area (Å²) >= 11 is 6.67. The maximum atomic E-state index is 10.8. The molecule has 0 fully saturated rings. The summed E-state index contributed by atoms with van der Waals surface area (Å²) in [6.07, 6.45) is 0. The van der Waals surface area contributed by atoms with E-state index in [9.17, 15) is 4.79 Å². The van der Waals surface area contributed by atoms with E-state index in [0.29, 0.717) is 11.4 Å². The van der Waals surface area contributed by atoms with Crippen LogP contribution < -0.4 is 16.2 Å². The number of primary amides is 1. The van der Waals surface area contributed by atoms with Crippen molar-refractivity contribution in [3.05, 3.63) is 21.1 Å². The Bertz CT molecular complexity index is 387. The lowest BCUT2D eigenvalue weighted by molar-refractivity contribution is -0.122. The van der Waals surface area contributed by atoms with Gasteiger partial charge in [0.15, 0.2) is 0 Å². The van der Waals surface area contributed by atoms with Crippen LogP contribution in [-0.4, -0.2) is 12.5 Å². The summed E-state index contributed by atoms with van der Waals surface area (Å²) < 4.78 is 6.96. The van der Waals surface area contributed by atoms with Crippen LogP contribution in [0.4, 0.5) is 5.69 Å². The van der Waals surface area contributed by atoms with Crippen molar-refractivity contribution in [2.24, 2.45) is 11.7 Å². The maximum Gasteiger partial charge on any atom is 0.223 e. The van der Waals surface area contributed by atoms with Crippen LogP contribution in [0.1, 0.15) is 6.92 Å². The maximum absolute atomic E-state index is 10.8. The minimum atomic E-state index is -0.386. The summed E-state index contributed by atoms with van der Waals surface area (Å²) in [5.41, 5.74) is 11.4. The zero-order valence-corrected chi connectivity index (χ0v) is 11.8. The number of halogens is 2. The summed E-state index contributed by atoms with van der Waals surface area (Å²) in [7, 11) is 0. The number of benzene rings is 1. The lowest BCUT2D eigenvalue weighted by Crippen LogP contribution is -2.25. The average Bonchev–Trinajstić information content (AvgIpc) is 2.15. The number of nitrogen functional groups attached to an aromatic ring is 1. The van der Waals surface area contributed by atoms with Gasteiger partial charge in [-0.2, -0.15) is 0 Å². The van der Waals surface area contributed by atoms with Crippen molar-refractivity contribution in [3.63, 3.8) is 0 Å². The molecule has 1 aromatic carbocycles. The van der Waals surface area contributed by atoms with Gasteiger partial charge in [0, 0.05) is 5.69 Å². The number of anilines is 1. The molecule has 0 aliphatic carbocycles. The van der Waals surface area contributed by atoms with Crippen LogP contribution in [0.5, 0.6) is 5.75 Å². The molecule has 1 atom stereocenters. The van der Waals surface area contributed by atoms with E-state index < -0.39 is 0 Å². The van der Waals surface area contributed by atoms with Gasteiger partial charge in [-0.25, -0.2) is 0 Å². The highest BCUT2D eigenvalue weighted by molar-refractivity contribution is 9.11. The van der Waals surface area contributed by atoms with Crippen LogP contribution >= 0.6 is 31.9 Å². The summed E-state index contributed by atoms with van der Waals surface area (Å²) in [4.78, 5) is 10.8. The van der Waals surface area contributed by atoms with Crippen LogP contribution in [0.15, 0.2) is 21.1 Å². The zero-order chi connectivity index (χ0) is 12.3. The minimum Gasteiger partial charge on any atom is -0.490 e. The van der Waals surface area contributed by atoms with Gasteiger partial charge < -0.3 is 16.2 Å². The molecule has 0 aliphatic rings. The third-order valence-electron chi connectivity index (χ3n) is 1.98. The van der Waals surface area contributed by atoms with E-state index in [1.165, 1.54) is 0 Å². The second kappa shape index (κ2) is 5.54. The number of hydrogen-bond donors (Lipinski definition) is 2. The minimum absolute atomic E-state index is 0.233. The largest absolute Gasteiger partial charge is 0.490 e.